The SMILES string of the molecule is CCCCCCCCCCCCCCCCC(O)OC. The molecule has 0 spiro atoms. The Morgan fingerprint density at radius 3 is 1.35 bits per heavy atom. The summed E-state index contributed by atoms with van der Waals surface area (Å²) >= 11 is 0. The van der Waals surface area contributed by atoms with Gasteiger partial charge < -0.3 is 9.84 Å². The number of rotatable bonds is 16. The van der Waals surface area contributed by atoms with Gasteiger partial charge in [0.05, 0.1) is 0 Å². The van der Waals surface area contributed by atoms with Crippen LogP contribution in [0, 0.1) is 0 Å². The van der Waals surface area contributed by atoms with E-state index >= 15 is 0 Å². The van der Waals surface area contributed by atoms with Gasteiger partial charge in [0.2, 0.25) is 0 Å². The van der Waals surface area contributed by atoms with E-state index in [9.17, 15) is 5.11 Å². The second-order valence-electron chi connectivity index (χ2n) is 6.08. The Bertz CT molecular complexity index is 171. The van der Waals surface area contributed by atoms with Crippen LogP contribution in [0.5, 0.6) is 0 Å². The molecule has 1 N–H and O–H groups in total. The van der Waals surface area contributed by atoms with Gasteiger partial charge >= 0.3 is 0 Å². The highest BCUT2D eigenvalue weighted by atomic mass is 16.6. The van der Waals surface area contributed by atoms with Crippen molar-refractivity contribution in [2.75, 3.05) is 7.11 Å². The third-order valence-corrected chi connectivity index (χ3v) is 4.08. The standard InChI is InChI=1S/C18H38O2/c1-3-4-5-6-7-8-9-10-11-12-13-14-15-16-17-18(19)20-2/h18-19H,3-17H2,1-2H3. The molecule has 122 valence electrons. The van der Waals surface area contributed by atoms with Gasteiger partial charge in [-0.15, -0.1) is 0 Å². The lowest BCUT2D eigenvalue weighted by Gasteiger charge is -2.07. The van der Waals surface area contributed by atoms with Crippen molar-refractivity contribution < 1.29 is 9.84 Å². The van der Waals surface area contributed by atoms with E-state index in [2.05, 4.69) is 6.92 Å². The fourth-order valence-corrected chi connectivity index (χ4v) is 2.63. The minimum atomic E-state index is -0.549. The second kappa shape index (κ2) is 17.0. The molecule has 0 aromatic rings. The summed E-state index contributed by atoms with van der Waals surface area (Å²) in [5.41, 5.74) is 0. The molecular formula is C18H38O2. The smallest absolute Gasteiger partial charge is 0.154 e. The monoisotopic (exact) mass is 286 g/mol. The number of methoxy groups -OCH3 is 1. The first kappa shape index (κ1) is 19.9. The third kappa shape index (κ3) is 16.0. The van der Waals surface area contributed by atoms with Gasteiger partial charge in [-0.05, 0) is 12.8 Å². The summed E-state index contributed by atoms with van der Waals surface area (Å²) < 4.78 is 4.82. The predicted molar refractivity (Wildman–Crippen MR) is 87.9 cm³/mol. The Morgan fingerprint density at radius 2 is 1.00 bits per heavy atom. The van der Waals surface area contributed by atoms with Crippen LogP contribution in [0.4, 0.5) is 0 Å². The molecule has 0 fully saturated rings. The minimum absolute atomic E-state index is 0.549. The number of aliphatic hydroxyl groups excluding tert-OH is 1. The van der Waals surface area contributed by atoms with E-state index in [0.29, 0.717) is 0 Å². The molecule has 0 aromatic carbocycles. The molecule has 2 nitrogen and oxygen atoms in total. The van der Waals surface area contributed by atoms with Crippen LogP contribution in [0.2, 0.25) is 0 Å². The summed E-state index contributed by atoms with van der Waals surface area (Å²) in [7, 11) is 1.56. The molecule has 0 saturated heterocycles. The predicted octanol–water partition coefficient (Wildman–Crippen LogP) is 5.82. The molecule has 0 aromatic heterocycles. The number of hydrogen-bond donors (Lipinski definition) is 1. The molecule has 0 aliphatic heterocycles. The van der Waals surface area contributed by atoms with Crippen molar-refractivity contribution in [2.24, 2.45) is 0 Å². The average Bonchev–Trinajstić information content (AvgIpc) is 2.47. The fraction of sp³-hybridized carbons (Fsp3) is 1.00. The molecule has 0 amide bonds. The highest BCUT2D eigenvalue weighted by Gasteiger charge is 2.00. The summed E-state index contributed by atoms with van der Waals surface area (Å²) in [5, 5.41) is 9.23. The molecule has 0 radical (unpaired) electrons. The zero-order chi connectivity index (χ0) is 14.9. The van der Waals surface area contributed by atoms with Crippen molar-refractivity contribution in [2.45, 2.75) is 110 Å². The lowest BCUT2D eigenvalue weighted by atomic mass is 10.0. The summed E-state index contributed by atoms with van der Waals surface area (Å²) in [4.78, 5) is 0. The van der Waals surface area contributed by atoms with Gasteiger partial charge in [-0.1, -0.05) is 90.4 Å². The van der Waals surface area contributed by atoms with E-state index in [-0.39, 0.29) is 0 Å². The molecule has 0 heterocycles. The van der Waals surface area contributed by atoms with E-state index in [1.807, 2.05) is 0 Å². The molecule has 20 heavy (non-hydrogen) atoms. The Balaban J connectivity index is 2.96. The Kier molecular flexibility index (Phi) is 16.9. The molecule has 0 rings (SSSR count). The van der Waals surface area contributed by atoms with Gasteiger partial charge in [0.15, 0.2) is 6.29 Å². The van der Waals surface area contributed by atoms with Crippen LogP contribution >= 0.6 is 0 Å². The summed E-state index contributed by atoms with van der Waals surface area (Å²) in [5.74, 6) is 0. The van der Waals surface area contributed by atoms with Gasteiger partial charge in [0.1, 0.15) is 0 Å². The van der Waals surface area contributed by atoms with E-state index in [1.54, 1.807) is 7.11 Å². The Morgan fingerprint density at radius 1 is 0.650 bits per heavy atom. The maximum Gasteiger partial charge on any atom is 0.154 e. The molecular weight excluding hydrogens is 248 g/mol. The molecule has 0 bridgehead atoms. The number of unbranched alkanes of at least 4 members (excludes halogenated alkanes) is 13. The van der Waals surface area contributed by atoms with Gasteiger partial charge in [-0.3, -0.25) is 0 Å². The van der Waals surface area contributed by atoms with Crippen LogP contribution < -0.4 is 0 Å². The van der Waals surface area contributed by atoms with E-state index in [1.165, 1.54) is 83.5 Å². The molecule has 2 heteroatoms. The number of hydrogen-bond acceptors (Lipinski definition) is 2. The first-order valence-corrected chi connectivity index (χ1v) is 9.02. The van der Waals surface area contributed by atoms with Crippen molar-refractivity contribution in [1.82, 2.24) is 0 Å². The topological polar surface area (TPSA) is 29.5 Å². The van der Waals surface area contributed by atoms with Gasteiger partial charge in [0, 0.05) is 7.11 Å². The van der Waals surface area contributed by atoms with Crippen molar-refractivity contribution in [1.29, 1.82) is 0 Å². The first-order chi connectivity index (χ1) is 9.81. The molecule has 0 aliphatic rings. The quantitative estimate of drug-likeness (QED) is 0.286. The van der Waals surface area contributed by atoms with Crippen molar-refractivity contribution >= 4 is 0 Å². The highest BCUT2D eigenvalue weighted by Crippen LogP contribution is 2.13. The van der Waals surface area contributed by atoms with Crippen LogP contribution in [0.3, 0.4) is 0 Å². The van der Waals surface area contributed by atoms with Gasteiger partial charge in [-0.25, -0.2) is 0 Å². The second-order valence-corrected chi connectivity index (χ2v) is 6.08. The van der Waals surface area contributed by atoms with Crippen molar-refractivity contribution in [3.8, 4) is 0 Å². The Labute approximate surface area is 127 Å². The van der Waals surface area contributed by atoms with Crippen LogP contribution in [-0.4, -0.2) is 18.5 Å². The third-order valence-electron chi connectivity index (χ3n) is 4.08. The Hall–Kier alpha value is -0.0800. The maximum absolute atomic E-state index is 9.23. The van der Waals surface area contributed by atoms with E-state index in [0.717, 1.165) is 12.8 Å². The first-order valence-electron chi connectivity index (χ1n) is 9.02. The zero-order valence-corrected chi connectivity index (χ0v) is 14.0. The minimum Gasteiger partial charge on any atom is -0.368 e. The molecule has 0 saturated carbocycles. The summed E-state index contributed by atoms with van der Waals surface area (Å²) in [6.07, 6.45) is 19.4. The largest absolute Gasteiger partial charge is 0.368 e. The fourth-order valence-electron chi connectivity index (χ4n) is 2.63. The van der Waals surface area contributed by atoms with Gasteiger partial charge in [-0.2, -0.15) is 0 Å². The number of aliphatic hydroxyl groups is 1. The summed E-state index contributed by atoms with van der Waals surface area (Å²) in [6, 6.07) is 0. The zero-order valence-electron chi connectivity index (χ0n) is 14.0. The number of ether oxygens (including phenoxy) is 1. The lowest BCUT2D eigenvalue weighted by Crippen LogP contribution is -2.07. The van der Waals surface area contributed by atoms with Crippen molar-refractivity contribution in [3.05, 3.63) is 0 Å². The molecule has 1 atom stereocenters. The van der Waals surface area contributed by atoms with Crippen LogP contribution in [-0.2, 0) is 4.74 Å². The molecule has 0 aliphatic carbocycles. The maximum atomic E-state index is 9.23. The van der Waals surface area contributed by atoms with E-state index < -0.39 is 6.29 Å². The normalized spacial score (nSPS) is 12.8. The highest BCUT2D eigenvalue weighted by molar-refractivity contribution is 4.50. The lowest BCUT2D eigenvalue weighted by molar-refractivity contribution is -0.0793. The average molecular weight is 286 g/mol. The van der Waals surface area contributed by atoms with Crippen LogP contribution in [0.15, 0.2) is 0 Å². The molecule has 1 unspecified atom stereocenters. The van der Waals surface area contributed by atoms with Crippen molar-refractivity contribution in [3.63, 3.8) is 0 Å². The van der Waals surface area contributed by atoms with Crippen LogP contribution in [0.1, 0.15) is 103 Å². The van der Waals surface area contributed by atoms with Gasteiger partial charge in [0.25, 0.3) is 0 Å². The van der Waals surface area contributed by atoms with Crippen LogP contribution in [0.25, 0.3) is 0 Å². The van der Waals surface area contributed by atoms with E-state index in [4.69, 9.17) is 4.74 Å². The summed E-state index contributed by atoms with van der Waals surface area (Å²) in [6.45, 7) is 2.28.